The molecule has 4 aromatic carbocycles. The van der Waals surface area contributed by atoms with Gasteiger partial charge in [0.15, 0.2) is 5.11 Å². The molecule has 1 saturated carbocycles. The van der Waals surface area contributed by atoms with E-state index >= 15 is 0 Å². The van der Waals surface area contributed by atoms with Crippen molar-refractivity contribution in [2.45, 2.75) is 39.8 Å². The fourth-order valence-corrected chi connectivity index (χ4v) is 8.05. The van der Waals surface area contributed by atoms with E-state index in [1.54, 1.807) is 14.1 Å². The first-order chi connectivity index (χ1) is 23.3. The highest BCUT2D eigenvalue weighted by atomic mass is 32.1. The Kier molecular flexibility index (Phi) is 7.18. The fraction of sp³-hybridized carbons (Fsp3) is 0.195. The van der Waals surface area contributed by atoms with Gasteiger partial charge in [-0.25, -0.2) is 0 Å². The molecule has 1 aliphatic carbocycles. The van der Waals surface area contributed by atoms with Crippen LogP contribution in [-0.2, 0) is 22.7 Å². The number of benzene rings is 4. The Bertz CT molecular complexity index is 2390. The zero-order valence-electron chi connectivity index (χ0n) is 27.6. The molecule has 238 valence electrons. The molecule has 6 nitrogen and oxygen atoms in total. The number of amides is 2. The number of carbonyl (C=O) groups is 2. The molecular weight excluding hydrogens is 613 g/mol. The highest BCUT2D eigenvalue weighted by Gasteiger charge is 2.40. The number of carbonyl (C=O) groups excluding carboxylic acids is 2. The molecule has 0 N–H and O–H groups in total. The van der Waals surface area contributed by atoms with Crippen LogP contribution in [0.25, 0.3) is 55.5 Å². The van der Waals surface area contributed by atoms with Gasteiger partial charge in [0.05, 0.1) is 0 Å². The van der Waals surface area contributed by atoms with Gasteiger partial charge in [0.25, 0.3) is 11.8 Å². The van der Waals surface area contributed by atoms with Crippen LogP contribution in [0.4, 0.5) is 0 Å². The molecule has 2 amide bonds. The topological polar surface area (TPSA) is 50.5 Å². The Morgan fingerprint density at radius 1 is 0.604 bits per heavy atom. The highest BCUT2D eigenvalue weighted by molar-refractivity contribution is 7.80. The number of rotatable bonds is 4. The predicted octanol–water partition coefficient (Wildman–Crippen LogP) is 6.80. The van der Waals surface area contributed by atoms with E-state index in [9.17, 15) is 9.59 Å². The van der Waals surface area contributed by atoms with E-state index in [-0.39, 0.29) is 22.5 Å². The Balaban J connectivity index is 1.37. The maximum absolute atomic E-state index is 13.9. The summed E-state index contributed by atoms with van der Waals surface area (Å²) in [6, 6.07) is 25.8. The number of hydrogen-bond donors (Lipinski definition) is 0. The molecule has 1 aliphatic heterocycles. The molecular formula is C41H36N4O2S. The molecule has 48 heavy (non-hydrogen) atoms. The fourth-order valence-electron chi connectivity index (χ4n) is 7.89. The molecule has 0 atom stereocenters. The third-order valence-electron chi connectivity index (χ3n) is 10.2. The molecule has 0 radical (unpaired) electrons. The van der Waals surface area contributed by atoms with Gasteiger partial charge >= 0.3 is 0 Å². The number of hydrogen-bond acceptors (Lipinski definition) is 3. The van der Waals surface area contributed by atoms with Gasteiger partial charge in [-0.05, 0) is 90.7 Å². The number of thiocarbonyl (C=S) groups is 1. The summed E-state index contributed by atoms with van der Waals surface area (Å²) in [4.78, 5) is 30.6. The van der Waals surface area contributed by atoms with Crippen molar-refractivity contribution in [3.8, 4) is 0 Å². The number of likely N-dealkylation sites (N-methyl/N-ethyl adjacent to an activating group) is 2. The zero-order chi connectivity index (χ0) is 33.3. The van der Waals surface area contributed by atoms with Crippen LogP contribution < -0.4 is 10.7 Å². The summed E-state index contributed by atoms with van der Waals surface area (Å²) in [5.74, 6) is -0.725. The van der Waals surface area contributed by atoms with Crippen molar-refractivity contribution >= 4 is 84.6 Å². The van der Waals surface area contributed by atoms with E-state index in [1.165, 1.54) is 53.2 Å². The average Bonchev–Trinajstić information content (AvgIpc) is 3.76. The minimum Gasteiger partial charge on any atom is -0.341 e. The predicted molar refractivity (Wildman–Crippen MR) is 200 cm³/mol. The summed E-state index contributed by atoms with van der Waals surface area (Å²) in [7, 11) is 3.29. The lowest BCUT2D eigenvalue weighted by molar-refractivity contribution is -0.132. The van der Waals surface area contributed by atoms with Crippen molar-refractivity contribution in [2.24, 2.45) is 0 Å². The second-order valence-electron chi connectivity index (χ2n) is 12.6. The van der Waals surface area contributed by atoms with Gasteiger partial charge in [-0.2, -0.15) is 0 Å². The summed E-state index contributed by atoms with van der Waals surface area (Å²) in [5.41, 5.74) is 5.25. The highest BCUT2D eigenvalue weighted by Crippen LogP contribution is 2.40. The SMILES string of the molecule is CCn1/c(=C/C=C2CC/C(=C/C=c3\c4cccc5cccc(c54)n3CC)C2=C2C(=O)N(C)C(=S)N(C)C2=O)c2cccc3cccc1c32. The van der Waals surface area contributed by atoms with Crippen LogP contribution in [0, 0.1) is 0 Å². The third-order valence-corrected chi connectivity index (χ3v) is 10.7. The van der Waals surface area contributed by atoms with Crippen molar-refractivity contribution in [2.75, 3.05) is 14.1 Å². The lowest BCUT2D eigenvalue weighted by Crippen LogP contribution is -2.53. The van der Waals surface area contributed by atoms with Crippen molar-refractivity contribution in [1.29, 1.82) is 0 Å². The van der Waals surface area contributed by atoms with E-state index in [1.807, 2.05) is 0 Å². The smallest absolute Gasteiger partial charge is 0.266 e. The maximum Gasteiger partial charge on any atom is 0.266 e. The Morgan fingerprint density at radius 2 is 1.02 bits per heavy atom. The second-order valence-corrected chi connectivity index (χ2v) is 13.0. The first kappa shape index (κ1) is 30.1. The third kappa shape index (κ3) is 4.34. The van der Waals surface area contributed by atoms with Crippen LogP contribution in [0.5, 0.6) is 0 Å². The van der Waals surface area contributed by atoms with Crippen molar-refractivity contribution in [3.05, 3.63) is 118 Å². The van der Waals surface area contributed by atoms with E-state index in [0.29, 0.717) is 18.4 Å². The summed E-state index contributed by atoms with van der Waals surface area (Å²) < 4.78 is 4.68. The van der Waals surface area contributed by atoms with Crippen LogP contribution in [0.15, 0.2) is 107 Å². The quantitative estimate of drug-likeness (QED) is 0.120. The molecule has 2 aliphatic rings. The van der Waals surface area contributed by atoms with Crippen molar-refractivity contribution in [1.82, 2.24) is 18.9 Å². The van der Waals surface area contributed by atoms with E-state index in [0.717, 1.165) is 34.9 Å². The van der Waals surface area contributed by atoms with Crippen LogP contribution in [0.3, 0.4) is 0 Å². The zero-order valence-corrected chi connectivity index (χ0v) is 28.4. The Hall–Kier alpha value is -5.27. The number of allylic oxidation sites excluding steroid dienone is 5. The molecule has 7 heteroatoms. The molecule has 3 heterocycles. The molecule has 1 saturated heterocycles. The second kappa shape index (κ2) is 11.5. The van der Waals surface area contributed by atoms with Gasteiger partial charge in [-0.1, -0.05) is 72.8 Å². The van der Waals surface area contributed by atoms with Gasteiger partial charge in [0.1, 0.15) is 5.57 Å². The Morgan fingerprint density at radius 3 is 1.44 bits per heavy atom. The van der Waals surface area contributed by atoms with Crippen molar-refractivity contribution < 1.29 is 9.59 Å². The summed E-state index contributed by atoms with van der Waals surface area (Å²) in [6.45, 7) is 5.97. The number of aromatic nitrogens is 2. The number of aryl methyl sites for hydroxylation is 2. The molecule has 2 aromatic heterocycles. The first-order valence-electron chi connectivity index (χ1n) is 16.6. The van der Waals surface area contributed by atoms with Gasteiger partial charge < -0.3 is 9.13 Å². The van der Waals surface area contributed by atoms with Gasteiger partial charge in [-0.3, -0.25) is 19.4 Å². The minimum atomic E-state index is -0.362. The van der Waals surface area contributed by atoms with Crippen LogP contribution in [0.1, 0.15) is 26.7 Å². The molecule has 0 unspecified atom stereocenters. The Labute approximate surface area is 284 Å². The molecule has 8 rings (SSSR count). The average molecular weight is 649 g/mol. The monoisotopic (exact) mass is 648 g/mol. The molecule has 0 bridgehead atoms. The summed E-state index contributed by atoms with van der Waals surface area (Å²) in [5, 5.41) is 9.77. The number of nitrogens with zero attached hydrogens (tertiary/aromatic N) is 4. The van der Waals surface area contributed by atoms with Crippen LogP contribution in [-0.4, -0.2) is 50.0 Å². The lowest BCUT2D eigenvalue weighted by atomic mass is 9.95. The van der Waals surface area contributed by atoms with E-state index in [4.69, 9.17) is 12.2 Å². The van der Waals surface area contributed by atoms with Crippen molar-refractivity contribution in [3.63, 3.8) is 0 Å². The van der Waals surface area contributed by atoms with Gasteiger partial charge in [0, 0.05) is 70.5 Å². The first-order valence-corrected chi connectivity index (χ1v) is 17.0. The summed E-state index contributed by atoms with van der Waals surface area (Å²) >= 11 is 5.45. The van der Waals surface area contributed by atoms with Crippen LogP contribution >= 0.6 is 12.2 Å². The van der Waals surface area contributed by atoms with E-state index < -0.39 is 0 Å². The standard InChI is InChI=1S/C41H36N4O2S/c1-5-44-31(29-15-7-11-25-13-9-17-33(44)36(25)29)23-21-27-19-20-28(35(27)38-39(46)42(3)41(48)43(4)40(38)47)22-24-32-30-16-8-12-26-14-10-18-34(37(26)30)45(32)6-2/h7-18,21-24H,5-6,19-20H2,1-4H3/b27-21-,28-22?,31-23+,32-24+. The normalized spacial score (nSPS) is 18.7. The molecule has 6 aromatic rings. The summed E-state index contributed by atoms with van der Waals surface area (Å²) in [6.07, 6.45) is 10.0. The minimum absolute atomic E-state index is 0.175. The van der Waals surface area contributed by atoms with Gasteiger partial charge in [-0.15, -0.1) is 0 Å². The molecule has 0 spiro atoms. The van der Waals surface area contributed by atoms with Crippen LogP contribution in [0.2, 0.25) is 0 Å². The lowest BCUT2D eigenvalue weighted by Gasteiger charge is -2.33. The molecule has 2 fully saturated rings. The largest absolute Gasteiger partial charge is 0.341 e. The maximum atomic E-state index is 13.9. The van der Waals surface area contributed by atoms with E-state index in [2.05, 4.69) is 120 Å². The van der Waals surface area contributed by atoms with Gasteiger partial charge in [0.2, 0.25) is 0 Å².